The minimum atomic E-state index is -0.333. The monoisotopic (exact) mass is 351 g/mol. The highest BCUT2D eigenvalue weighted by Crippen LogP contribution is 2.34. The van der Waals surface area contributed by atoms with Crippen LogP contribution in [0.5, 0.6) is 0 Å². The molecule has 1 amide bonds. The third-order valence-electron chi connectivity index (χ3n) is 4.25. The zero-order valence-electron chi connectivity index (χ0n) is 13.9. The number of carbonyl (C=O) groups is 1. The standard InChI is InChI=1S/C17H22ClN3OS/c1-5-21(6-2)16(22)14-11(3)20(4)17(23)19-15(14)12-9-7-8-10-13(12)18/h7-10,15H,5-6H2,1-4H3,(H,19,23). The van der Waals surface area contributed by atoms with Gasteiger partial charge in [0.05, 0.1) is 11.6 Å². The average Bonchev–Trinajstić information content (AvgIpc) is 2.54. The van der Waals surface area contributed by atoms with Gasteiger partial charge < -0.3 is 15.1 Å². The van der Waals surface area contributed by atoms with Gasteiger partial charge in [-0.15, -0.1) is 0 Å². The molecular weight excluding hydrogens is 330 g/mol. The Kier molecular flexibility index (Phi) is 5.65. The molecule has 0 spiro atoms. The zero-order chi connectivity index (χ0) is 17.1. The number of likely N-dealkylation sites (N-methyl/N-ethyl adjacent to an activating group) is 1. The van der Waals surface area contributed by atoms with Gasteiger partial charge in [0, 0.05) is 30.9 Å². The summed E-state index contributed by atoms with van der Waals surface area (Å²) in [4.78, 5) is 16.7. The molecule has 0 saturated heterocycles. The molecular formula is C17H22ClN3OS. The summed E-state index contributed by atoms with van der Waals surface area (Å²) in [6, 6.07) is 7.21. The number of rotatable bonds is 4. The van der Waals surface area contributed by atoms with Gasteiger partial charge in [-0.05, 0) is 44.6 Å². The molecule has 0 fully saturated rings. The van der Waals surface area contributed by atoms with Crippen LogP contribution in [0.25, 0.3) is 0 Å². The lowest BCUT2D eigenvalue weighted by Crippen LogP contribution is -2.48. The van der Waals surface area contributed by atoms with Crippen LogP contribution in [0.4, 0.5) is 0 Å². The van der Waals surface area contributed by atoms with Crippen LogP contribution in [0.15, 0.2) is 35.5 Å². The van der Waals surface area contributed by atoms with Crippen LogP contribution >= 0.6 is 23.8 Å². The van der Waals surface area contributed by atoms with Gasteiger partial charge in [0.1, 0.15) is 0 Å². The van der Waals surface area contributed by atoms with Gasteiger partial charge in [-0.2, -0.15) is 0 Å². The summed E-state index contributed by atoms with van der Waals surface area (Å²) >= 11 is 11.8. The first-order valence-corrected chi connectivity index (χ1v) is 8.49. The topological polar surface area (TPSA) is 35.6 Å². The molecule has 0 radical (unpaired) electrons. The number of nitrogens with one attached hydrogen (secondary N) is 1. The molecule has 1 N–H and O–H groups in total. The van der Waals surface area contributed by atoms with Gasteiger partial charge >= 0.3 is 0 Å². The van der Waals surface area contributed by atoms with Gasteiger partial charge in [0.15, 0.2) is 5.11 Å². The first-order valence-electron chi connectivity index (χ1n) is 7.71. The van der Waals surface area contributed by atoms with Crippen molar-refractivity contribution in [1.82, 2.24) is 15.1 Å². The van der Waals surface area contributed by atoms with Crippen molar-refractivity contribution in [2.45, 2.75) is 26.8 Å². The third-order valence-corrected chi connectivity index (χ3v) is 4.99. The lowest BCUT2D eigenvalue weighted by Gasteiger charge is -2.37. The first-order chi connectivity index (χ1) is 10.9. The predicted octanol–water partition coefficient (Wildman–Crippen LogP) is 3.34. The molecule has 0 aromatic heterocycles. The molecule has 1 aromatic rings. The normalized spacial score (nSPS) is 18.0. The van der Waals surface area contributed by atoms with Crippen molar-refractivity contribution in [2.75, 3.05) is 20.1 Å². The van der Waals surface area contributed by atoms with Crippen LogP contribution in [-0.4, -0.2) is 41.0 Å². The Morgan fingerprint density at radius 2 is 1.96 bits per heavy atom. The summed E-state index contributed by atoms with van der Waals surface area (Å²) in [6.07, 6.45) is 0. The van der Waals surface area contributed by atoms with Crippen LogP contribution in [-0.2, 0) is 4.79 Å². The van der Waals surface area contributed by atoms with Gasteiger partial charge in [0.25, 0.3) is 5.91 Å². The second-order valence-electron chi connectivity index (χ2n) is 5.44. The van der Waals surface area contributed by atoms with Crippen molar-refractivity contribution < 1.29 is 4.79 Å². The highest BCUT2D eigenvalue weighted by atomic mass is 35.5. The Labute approximate surface area is 148 Å². The molecule has 4 nitrogen and oxygen atoms in total. The summed E-state index contributed by atoms with van der Waals surface area (Å²) < 4.78 is 0. The molecule has 2 rings (SSSR count). The lowest BCUT2D eigenvalue weighted by molar-refractivity contribution is -0.127. The van der Waals surface area contributed by atoms with Crippen molar-refractivity contribution in [3.63, 3.8) is 0 Å². The number of halogens is 1. The Bertz CT molecular complexity index is 655. The summed E-state index contributed by atoms with van der Waals surface area (Å²) in [7, 11) is 1.86. The number of carbonyl (C=O) groups excluding carboxylic acids is 1. The fraction of sp³-hybridized carbons (Fsp3) is 0.412. The van der Waals surface area contributed by atoms with E-state index in [4.69, 9.17) is 23.8 Å². The summed E-state index contributed by atoms with van der Waals surface area (Å²) in [5, 5.41) is 4.46. The van der Waals surface area contributed by atoms with E-state index >= 15 is 0 Å². The smallest absolute Gasteiger partial charge is 0.253 e. The lowest BCUT2D eigenvalue weighted by atomic mass is 9.94. The quantitative estimate of drug-likeness (QED) is 0.844. The van der Waals surface area contributed by atoms with Crippen molar-refractivity contribution in [2.24, 2.45) is 0 Å². The minimum Gasteiger partial charge on any atom is -0.351 e. The van der Waals surface area contributed by atoms with Crippen molar-refractivity contribution in [1.29, 1.82) is 0 Å². The van der Waals surface area contributed by atoms with Crippen LogP contribution in [0, 0.1) is 0 Å². The highest BCUT2D eigenvalue weighted by Gasteiger charge is 2.34. The van der Waals surface area contributed by atoms with E-state index in [-0.39, 0.29) is 11.9 Å². The van der Waals surface area contributed by atoms with Gasteiger partial charge in [0.2, 0.25) is 0 Å². The van der Waals surface area contributed by atoms with Crippen molar-refractivity contribution in [3.8, 4) is 0 Å². The number of hydrogen-bond acceptors (Lipinski definition) is 2. The maximum absolute atomic E-state index is 13.0. The second-order valence-corrected chi connectivity index (χ2v) is 6.23. The van der Waals surface area contributed by atoms with E-state index in [1.807, 2.05) is 61.9 Å². The molecule has 1 unspecified atom stereocenters. The molecule has 1 aliphatic rings. The Hall–Kier alpha value is -1.59. The molecule has 124 valence electrons. The Balaban J connectivity index is 2.57. The fourth-order valence-electron chi connectivity index (χ4n) is 2.74. The number of amides is 1. The number of allylic oxidation sites excluding steroid dienone is 1. The number of thiocarbonyl (C=S) groups is 1. The molecule has 0 bridgehead atoms. The first kappa shape index (κ1) is 17.8. The van der Waals surface area contributed by atoms with E-state index in [0.717, 1.165) is 11.3 Å². The van der Waals surface area contributed by atoms with E-state index in [1.165, 1.54) is 0 Å². The van der Waals surface area contributed by atoms with Gasteiger partial charge in [-0.25, -0.2) is 0 Å². The van der Waals surface area contributed by atoms with Crippen LogP contribution in [0.1, 0.15) is 32.4 Å². The summed E-state index contributed by atoms with van der Waals surface area (Å²) in [6.45, 7) is 7.21. The van der Waals surface area contributed by atoms with E-state index in [9.17, 15) is 4.79 Å². The molecule has 1 aromatic carbocycles. The SMILES string of the molecule is CCN(CC)C(=O)C1=C(C)N(C)C(=S)NC1c1ccccc1Cl. The van der Waals surface area contributed by atoms with Crippen molar-refractivity contribution >= 4 is 34.8 Å². The number of nitrogens with zero attached hydrogens (tertiary/aromatic N) is 2. The molecule has 23 heavy (non-hydrogen) atoms. The van der Waals surface area contributed by atoms with Crippen LogP contribution < -0.4 is 5.32 Å². The third kappa shape index (κ3) is 3.35. The summed E-state index contributed by atoms with van der Waals surface area (Å²) in [5.41, 5.74) is 2.41. The molecule has 1 atom stereocenters. The van der Waals surface area contributed by atoms with Crippen LogP contribution in [0.2, 0.25) is 5.02 Å². The zero-order valence-corrected chi connectivity index (χ0v) is 15.5. The molecule has 6 heteroatoms. The van der Waals surface area contributed by atoms with Crippen LogP contribution in [0.3, 0.4) is 0 Å². The van der Waals surface area contributed by atoms with E-state index in [0.29, 0.717) is 28.8 Å². The molecule has 0 saturated carbocycles. The Morgan fingerprint density at radius 3 is 2.52 bits per heavy atom. The van der Waals surface area contributed by atoms with Gasteiger partial charge in [-0.1, -0.05) is 29.8 Å². The fourth-order valence-corrected chi connectivity index (χ4v) is 3.24. The molecule has 0 aliphatic carbocycles. The van der Waals surface area contributed by atoms with Gasteiger partial charge in [-0.3, -0.25) is 4.79 Å². The van der Waals surface area contributed by atoms with E-state index in [2.05, 4.69) is 5.32 Å². The highest BCUT2D eigenvalue weighted by molar-refractivity contribution is 7.80. The molecule has 1 aliphatic heterocycles. The number of hydrogen-bond donors (Lipinski definition) is 1. The van der Waals surface area contributed by atoms with E-state index < -0.39 is 0 Å². The maximum Gasteiger partial charge on any atom is 0.253 e. The Morgan fingerprint density at radius 1 is 1.35 bits per heavy atom. The maximum atomic E-state index is 13.0. The van der Waals surface area contributed by atoms with Crippen molar-refractivity contribution in [3.05, 3.63) is 46.1 Å². The van der Waals surface area contributed by atoms with E-state index in [1.54, 1.807) is 0 Å². The number of benzene rings is 1. The molecule has 1 heterocycles. The largest absolute Gasteiger partial charge is 0.351 e. The minimum absolute atomic E-state index is 0.0132. The predicted molar refractivity (Wildman–Crippen MR) is 98.3 cm³/mol. The summed E-state index contributed by atoms with van der Waals surface area (Å²) in [5.74, 6) is 0.0132. The average molecular weight is 352 g/mol. The second kappa shape index (κ2) is 7.32.